The molecule has 80 valence electrons. The monoisotopic (exact) mass is 272 g/mol. The Bertz CT molecular complexity index is 466. The molecule has 4 bridgehead atoms. The van der Waals surface area contributed by atoms with E-state index in [1.807, 2.05) is 12.1 Å². The van der Waals surface area contributed by atoms with E-state index in [0.29, 0.717) is 0 Å². The Hall–Kier alpha value is -1.34. The van der Waals surface area contributed by atoms with Crippen LogP contribution in [0.1, 0.15) is 29.2 Å². The van der Waals surface area contributed by atoms with Crippen molar-refractivity contribution in [1.29, 1.82) is 0 Å². The van der Waals surface area contributed by atoms with Crippen molar-refractivity contribution in [2.24, 2.45) is 0 Å². The molecular formula is C14H12N2Zn. The van der Waals surface area contributed by atoms with Crippen LogP contribution in [0.4, 0.5) is 0 Å². The third-order valence-electron chi connectivity index (χ3n) is 2.67. The van der Waals surface area contributed by atoms with E-state index in [9.17, 15) is 0 Å². The Balaban J connectivity index is 0.00000108. The first-order valence-electron chi connectivity index (χ1n) is 5.48. The number of pyridine rings is 2. The minimum Gasteiger partial charge on any atom is -0.292 e. The van der Waals surface area contributed by atoms with Crippen molar-refractivity contribution in [1.82, 2.24) is 9.97 Å². The van der Waals surface area contributed by atoms with Crippen LogP contribution in [0.3, 0.4) is 0 Å². The van der Waals surface area contributed by atoms with Gasteiger partial charge in [0.1, 0.15) is 0 Å². The van der Waals surface area contributed by atoms with Crippen LogP contribution < -0.4 is 0 Å². The van der Waals surface area contributed by atoms with Crippen LogP contribution in [0, 0.1) is 12.8 Å². The molecule has 0 N–H and O–H groups in total. The van der Waals surface area contributed by atoms with Crippen LogP contribution in [-0.4, -0.2) is 9.97 Å². The summed E-state index contributed by atoms with van der Waals surface area (Å²) in [5, 5.41) is 0. The first-order valence-corrected chi connectivity index (χ1v) is 5.48. The predicted octanol–water partition coefficient (Wildman–Crippen LogP) is 2.57. The average Bonchev–Trinajstić information content (AvgIpc) is 2.29. The molecule has 0 spiro atoms. The molecule has 0 unspecified atom stereocenters. The summed E-state index contributed by atoms with van der Waals surface area (Å²) in [5.74, 6) is 0. The molecule has 2 nitrogen and oxygen atoms in total. The van der Waals surface area contributed by atoms with E-state index in [0.717, 1.165) is 35.6 Å². The molecular weight excluding hydrogens is 262 g/mol. The summed E-state index contributed by atoms with van der Waals surface area (Å²) in [6.07, 6.45) is 5.95. The van der Waals surface area contributed by atoms with E-state index in [1.165, 1.54) is 0 Å². The molecule has 0 atom stereocenters. The maximum absolute atomic E-state index is 4.57. The van der Waals surface area contributed by atoms with Gasteiger partial charge in [-0.25, -0.2) is 12.8 Å². The first-order chi connectivity index (χ1) is 7.90. The van der Waals surface area contributed by atoms with Crippen molar-refractivity contribution in [3.8, 4) is 0 Å². The molecule has 3 heterocycles. The third kappa shape index (κ3) is 2.86. The second kappa shape index (κ2) is 5.33. The predicted molar refractivity (Wildman–Crippen MR) is 62.7 cm³/mol. The van der Waals surface area contributed by atoms with E-state index < -0.39 is 0 Å². The van der Waals surface area contributed by atoms with Crippen LogP contribution in [0.2, 0.25) is 0 Å². The van der Waals surface area contributed by atoms with Gasteiger partial charge >= 0.3 is 19.5 Å². The second-order valence-corrected chi connectivity index (χ2v) is 3.93. The number of rotatable bonds is 0. The second-order valence-electron chi connectivity index (χ2n) is 3.93. The summed E-state index contributed by atoms with van der Waals surface area (Å²) in [6.45, 7) is 0. The van der Waals surface area contributed by atoms with Gasteiger partial charge in [0, 0.05) is 17.8 Å². The van der Waals surface area contributed by atoms with Gasteiger partial charge in [-0.1, -0.05) is 12.1 Å². The average molecular weight is 274 g/mol. The largest absolute Gasteiger partial charge is 2.00 e. The van der Waals surface area contributed by atoms with Crippen LogP contribution in [0.15, 0.2) is 36.4 Å². The van der Waals surface area contributed by atoms with Crippen LogP contribution in [0.25, 0.3) is 0 Å². The quantitative estimate of drug-likeness (QED) is 0.545. The standard InChI is InChI=1S/C14H12N2.Zn/c1-4-11-6-2-8-13(15-11)10-14-9-3-7-12(5-1)16-14;/h2-9H,1,10H2;/q-2;+2. The molecule has 0 saturated carbocycles. The third-order valence-corrected chi connectivity index (χ3v) is 2.67. The summed E-state index contributed by atoms with van der Waals surface area (Å²) in [6, 6.07) is 12.3. The van der Waals surface area contributed by atoms with Crippen molar-refractivity contribution in [2.75, 3.05) is 0 Å². The molecule has 0 amide bonds. The smallest absolute Gasteiger partial charge is 0.292 e. The summed E-state index contributed by atoms with van der Waals surface area (Å²) in [5.41, 5.74) is 4.28. The Kier molecular flexibility index (Phi) is 3.80. The van der Waals surface area contributed by atoms with Gasteiger partial charge < -0.3 is 0 Å². The van der Waals surface area contributed by atoms with Gasteiger partial charge in [0.2, 0.25) is 0 Å². The summed E-state index contributed by atoms with van der Waals surface area (Å²) in [4.78, 5) is 9.14. The van der Waals surface area contributed by atoms with Crippen molar-refractivity contribution >= 4 is 0 Å². The fourth-order valence-corrected chi connectivity index (χ4v) is 1.91. The molecule has 2 aromatic rings. The van der Waals surface area contributed by atoms with Gasteiger partial charge in [-0.05, 0) is 0 Å². The fraction of sp³-hybridized carbons (Fsp3) is 0.143. The number of nitrogens with zero attached hydrogens (tertiary/aromatic N) is 2. The Morgan fingerprint density at radius 3 is 1.88 bits per heavy atom. The van der Waals surface area contributed by atoms with E-state index in [-0.39, 0.29) is 19.5 Å². The molecule has 2 aromatic heterocycles. The molecule has 17 heavy (non-hydrogen) atoms. The summed E-state index contributed by atoms with van der Waals surface area (Å²) < 4.78 is 0. The Morgan fingerprint density at radius 1 is 0.824 bits per heavy atom. The normalized spacial score (nSPS) is 12.7. The maximum atomic E-state index is 4.57. The minimum absolute atomic E-state index is 0. The summed E-state index contributed by atoms with van der Waals surface area (Å²) >= 11 is 0. The zero-order valence-electron chi connectivity index (χ0n) is 9.63. The minimum atomic E-state index is 0. The molecule has 0 aliphatic carbocycles. The van der Waals surface area contributed by atoms with Crippen LogP contribution >= 0.6 is 0 Å². The van der Waals surface area contributed by atoms with E-state index in [2.05, 4.69) is 47.1 Å². The van der Waals surface area contributed by atoms with Crippen molar-refractivity contribution < 1.29 is 19.5 Å². The maximum Gasteiger partial charge on any atom is 2.00 e. The zero-order valence-corrected chi connectivity index (χ0v) is 12.6. The Morgan fingerprint density at radius 2 is 1.35 bits per heavy atom. The number of fused-ring (bicyclic) bond motifs is 4. The first kappa shape index (κ1) is 12.1. The van der Waals surface area contributed by atoms with E-state index >= 15 is 0 Å². The fourth-order valence-electron chi connectivity index (χ4n) is 1.91. The topological polar surface area (TPSA) is 25.8 Å². The van der Waals surface area contributed by atoms with Crippen molar-refractivity contribution in [3.05, 3.63) is 72.0 Å². The van der Waals surface area contributed by atoms with Gasteiger partial charge in [0.15, 0.2) is 0 Å². The molecule has 0 radical (unpaired) electrons. The molecule has 0 saturated heterocycles. The van der Waals surface area contributed by atoms with Crippen molar-refractivity contribution in [2.45, 2.75) is 12.8 Å². The Labute approximate surface area is 114 Å². The van der Waals surface area contributed by atoms with Gasteiger partial charge in [0.25, 0.3) is 0 Å². The molecule has 0 fully saturated rings. The molecule has 1 aliphatic rings. The van der Waals surface area contributed by atoms with Gasteiger partial charge in [-0.15, -0.1) is 29.9 Å². The number of aromatic nitrogens is 2. The van der Waals surface area contributed by atoms with Gasteiger partial charge in [0.05, 0.1) is 0 Å². The van der Waals surface area contributed by atoms with Crippen LogP contribution in [-0.2, 0) is 25.9 Å². The van der Waals surface area contributed by atoms with E-state index in [1.54, 1.807) is 0 Å². The van der Waals surface area contributed by atoms with E-state index in [4.69, 9.17) is 0 Å². The molecule has 1 aliphatic heterocycles. The number of hydrogen-bond acceptors (Lipinski definition) is 2. The molecule has 3 heteroatoms. The van der Waals surface area contributed by atoms with Crippen molar-refractivity contribution in [3.63, 3.8) is 0 Å². The number of hydrogen-bond donors (Lipinski definition) is 0. The zero-order chi connectivity index (χ0) is 10.8. The molecule has 0 aromatic carbocycles. The van der Waals surface area contributed by atoms with Crippen LogP contribution in [0.5, 0.6) is 0 Å². The van der Waals surface area contributed by atoms with Gasteiger partial charge in [-0.2, -0.15) is 12.1 Å². The SMILES string of the molecule is [Zn+2].c1cc2nc(c1)Cc1cccc(n1)[CH-]C[CH-]2. The summed E-state index contributed by atoms with van der Waals surface area (Å²) in [7, 11) is 0. The molecule has 3 rings (SSSR count). The van der Waals surface area contributed by atoms with Gasteiger partial charge in [-0.3, -0.25) is 9.97 Å².